The molecule has 0 saturated carbocycles. The lowest BCUT2D eigenvalue weighted by Gasteiger charge is -2.17. The molecule has 0 unspecified atom stereocenters. The molecular weight excluding hydrogens is 370 g/mol. The van der Waals surface area contributed by atoms with Crippen LogP contribution < -0.4 is 4.74 Å². The molecule has 0 radical (unpaired) electrons. The average Bonchev–Trinajstić information content (AvgIpc) is 2.95. The minimum absolute atomic E-state index is 0.0886. The number of thiophene rings is 1. The van der Waals surface area contributed by atoms with Gasteiger partial charge in [-0.05, 0) is 49.6 Å². The van der Waals surface area contributed by atoms with Crippen LogP contribution >= 0.6 is 22.9 Å². The number of esters is 1. The Bertz CT molecular complexity index is 874. The lowest BCUT2D eigenvalue weighted by molar-refractivity contribution is -0.134. The number of aryl methyl sites for hydroxylation is 2. The molecular formula is C16H18ClNO4S2. The smallest absolute Gasteiger partial charge is 0.326 e. The number of nitrogens with zero attached hydrogens (tertiary/aromatic N) is 1. The molecule has 2 aromatic rings. The second-order valence-corrected chi connectivity index (χ2v) is 9.43. The molecule has 0 aliphatic rings. The Labute approximate surface area is 150 Å². The largest absolute Gasteiger partial charge is 0.425 e. The molecule has 0 aliphatic heterocycles. The van der Waals surface area contributed by atoms with E-state index in [0.717, 1.165) is 32.3 Å². The predicted octanol–water partition coefficient (Wildman–Crippen LogP) is 3.55. The van der Waals surface area contributed by atoms with Crippen LogP contribution in [0.1, 0.15) is 16.7 Å². The number of benzene rings is 1. The SMILES string of the molecule is Cc1ccc(C)c(OC(=O)CN(C)S(=O)(=O)c2ccc(Cl)s2)c1C. The molecule has 1 aromatic carbocycles. The van der Waals surface area contributed by atoms with E-state index >= 15 is 0 Å². The Hall–Kier alpha value is -1.41. The number of carbonyl (C=O) groups excluding carboxylic acids is 1. The zero-order valence-electron chi connectivity index (χ0n) is 13.8. The standard InChI is InChI=1S/C16H18ClNO4S2/c1-10-5-6-11(2)16(12(10)3)22-14(19)9-18(4)24(20,21)15-8-7-13(17)23-15/h5-8H,9H2,1-4H3. The predicted molar refractivity (Wildman–Crippen MR) is 95.4 cm³/mol. The summed E-state index contributed by atoms with van der Waals surface area (Å²) in [7, 11) is -2.43. The molecule has 8 heteroatoms. The summed E-state index contributed by atoms with van der Waals surface area (Å²) in [5.41, 5.74) is 2.68. The van der Waals surface area contributed by atoms with Crippen molar-refractivity contribution >= 4 is 38.9 Å². The van der Waals surface area contributed by atoms with Gasteiger partial charge in [-0.3, -0.25) is 4.79 Å². The molecule has 0 fully saturated rings. The number of rotatable bonds is 5. The van der Waals surface area contributed by atoms with Gasteiger partial charge in [0.15, 0.2) is 0 Å². The molecule has 2 rings (SSSR count). The van der Waals surface area contributed by atoms with Gasteiger partial charge >= 0.3 is 5.97 Å². The lowest BCUT2D eigenvalue weighted by Crippen LogP contribution is -2.34. The van der Waals surface area contributed by atoms with E-state index in [1.165, 1.54) is 19.2 Å². The Morgan fingerprint density at radius 2 is 1.79 bits per heavy atom. The van der Waals surface area contributed by atoms with Gasteiger partial charge < -0.3 is 4.74 Å². The van der Waals surface area contributed by atoms with Crippen molar-refractivity contribution in [3.05, 3.63) is 45.3 Å². The van der Waals surface area contributed by atoms with Gasteiger partial charge in [0.05, 0.1) is 4.34 Å². The van der Waals surface area contributed by atoms with Crippen molar-refractivity contribution in [3.8, 4) is 5.75 Å². The van der Waals surface area contributed by atoms with Gasteiger partial charge in [0.1, 0.15) is 16.5 Å². The van der Waals surface area contributed by atoms with Crippen molar-refractivity contribution in [1.29, 1.82) is 0 Å². The highest BCUT2D eigenvalue weighted by molar-refractivity contribution is 7.91. The molecule has 0 spiro atoms. The summed E-state index contributed by atoms with van der Waals surface area (Å²) >= 11 is 6.72. The van der Waals surface area contributed by atoms with Crippen molar-refractivity contribution in [1.82, 2.24) is 4.31 Å². The molecule has 0 amide bonds. The van der Waals surface area contributed by atoms with Gasteiger partial charge in [0.25, 0.3) is 10.0 Å². The van der Waals surface area contributed by atoms with Crippen molar-refractivity contribution in [2.45, 2.75) is 25.0 Å². The van der Waals surface area contributed by atoms with Crippen LogP contribution in [0.2, 0.25) is 4.34 Å². The maximum atomic E-state index is 12.4. The first kappa shape index (κ1) is 18.9. The third-order valence-electron chi connectivity index (χ3n) is 3.65. The summed E-state index contributed by atoms with van der Waals surface area (Å²) in [4.78, 5) is 12.2. The highest BCUT2D eigenvalue weighted by Gasteiger charge is 2.26. The van der Waals surface area contributed by atoms with Crippen LogP contribution in [0.25, 0.3) is 0 Å². The van der Waals surface area contributed by atoms with E-state index in [4.69, 9.17) is 16.3 Å². The van der Waals surface area contributed by atoms with Crippen LogP contribution in [0.4, 0.5) is 0 Å². The molecule has 130 valence electrons. The first-order chi connectivity index (χ1) is 11.1. The summed E-state index contributed by atoms with van der Waals surface area (Å²) in [6, 6.07) is 6.72. The molecule has 0 saturated heterocycles. The Morgan fingerprint density at radius 1 is 1.17 bits per heavy atom. The van der Waals surface area contributed by atoms with Crippen molar-refractivity contribution in [3.63, 3.8) is 0 Å². The van der Waals surface area contributed by atoms with Gasteiger partial charge in [-0.2, -0.15) is 4.31 Å². The molecule has 5 nitrogen and oxygen atoms in total. The highest BCUT2D eigenvalue weighted by Crippen LogP contribution is 2.28. The molecule has 1 aromatic heterocycles. The highest BCUT2D eigenvalue weighted by atomic mass is 35.5. The molecule has 0 aliphatic carbocycles. The first-order valence-corrected chi connectivity index (χ1v) is 9.75. The summed E-state index contributed by atoms with van der Waals surface area (Å²) in [6.07, 6.45) is 0. The van der Waals surface area contributed by atoms with Gasteiger partial charge in [0.2, 0.25) is 0 Å². The van der Waals surface area contributed by atoms with Gasteiger partial charge in [-0.1, -0.05) is 23.7 Å². The normalized spacial score (nSPS) is 11.8. The van der Waals surface area contributed by atoms with E-state index in [1.54, 1.807) is 0 Å². The summed E-state index contributed by atoms with van der Waals surface area (Å²) in [5.74, 6) is -0.162. The van der Waals surface area contributed by atoms with Crippen molar-refractivity contribution < 1.29 is 17.9 Å². The fourth-order valence-corrected chi connectivity index (χ4v) is 4.89. The number of ether oxygens (including phenoxy) is 1. The molecule has 1 heterocycles. The van der Waals surface area contributed by atoms with Gasteiger partial charge in [0, 0.05) is 7.05 Å². The molecule has 0 atom stereocenters. The maximum absolute atomic E-state index is 12.4. The van der Waals surface area contributed by atoms with E-state index < -0.39 is 16.0 Å². The van der Waals surface area contributed by atoms with Crippen LogP contribution in [-0.2, 0) is 14.8 Å². The van der Waals surface area contributed by atoms with Crippen molar-refractivity contribution in [2.75, 3.05) is 13.6 Å². The van der Waals surface area contributed by atoms with Crippen LogP contribution in [0.5, 0.6) is 5.75 Å². The quantitative estimate of drug-likeness (QED) is 0.581. The summed E-state index contributed by atoms with van der Waals surface area (Å²) in [5, 5.41) is 0. The minimum Gasteiger partial charge on any atom is -0.425 e. The fourth-order valence-electron chi connectivity index (χ4n) is 2.09. The minimum atomic E-state index is -3.77. The number of halogens is 1. The second-order valence-electron chi connectivity index (χ2n) is 5.45. The van der Waals surface area contributed by atoms with Crippen LogP contribution in [0, 0.1) is 20.8 Å². The van der Waals surface area contributed by atoms with E-state index in [-0.39, 0.29) is 10.8 Å². The summed E-state index contributed by atoms with van der Waals surface area (Å²) < 4.78 is 31.6. The Balaban J connectivity index is 2.14. The number of likely N-dealkylation sites (N-methyl/N-ethyl adjacent to an activating group) is 1. The Kier molecular flexibility index (Phi) is 5.70. The fraction of sp³-hybridized carbons (Fsp3) is 0.312. The van der Waals surface area contributed by atoms with E-state index in [0.29, 0.717) is 10.1 Å². The topological polar surface area (TPSA) is 63.7 Å². The zero-order chi connectivity index (χ0) is 18.1. The van der Waals surface area contributed by atoms with E-state index in [2.05, 4.69) is 0 Å². The number of hydrogen-bond acceptors (Lipinski definition) is 5. The molecule has 0 bridgehead atoms. The van der Waals surface area contributed by atoms with Gasteiger partial charge in [-0.15, -0.1) is 11.3 Å². The number of hydrogen-bond donors (Lipinski definition) is 0. The van der Waals surface area contributed by atoms with Crippen LogP contribution in [0.15, 0.2) is 28.5 Å². The zero-order valence-corrected chi connectivity index (χ0v) is 16.2. The lowest BCUT2D eigenvalue weighted by atomic mass is 10.1. The van der Waals surface area contributed by atoms with Crippen LogP contribution in [-0.4, -0.2) is 32.3 Å². The summed E-state index contributed by atoms with van der Waals surface area (Å²) in [6.45, 7) is 5.23. The third kappa shape index (κ3) is 3.97. The van der Waals surface area contributed by atoms with Gasteiger partial charge in [-0.25, -0.2) is 8.42 Å². The van der Waals surface area contributed by atoms with E-state index in [1.807, 2.05) is 32.9 Å². The van der Waals surface area contributed by atoms with Crippen molar-refractivity contribution in [2.24, 2.45) is 0 Å². The van der Waals surface area contributed by atoms with Crippen LogP contribution in [0.3, 0.4) is 0 Å². The molecule has 0 N–H and O–H groups in total. The molecule has 24 heavy (non-hydrogen) atoms. The number of sulfonamides is 1. The average molecular weight is 388 g/mol. The Morgan fingerprint density at radius 3 is 2.38 bits per heavy atom. The third-order valence-corrected chi connectivity index (χ3v) is 7.16. The monoisotopic (exact) mass is 387 g/mol. The van der Waals surface area contributed by atoms with E-state index in [9.17, 15) is 13.2 Å². The number of carbonyl (C=O) groups is 1. The first-order valence-electron chi connectivity index (χ1n) is 7.12. The maximum Gasteiger partial charge on any atom is 0.326 e. The second kappa shape index (κ2) is 7.23.